The molecule has 0 aliphatic carbocycles. The van der Waals surface area contributed by atoms with Gasteiger partial charge in [-0.3, -0.25) is 0 Å². The lowest BCUT2D eigenvalue weighted by molar-refractivity contribution is 0.133. The Morgan fingerprint density at radius 2 is 1.86 bits per heavy atom. The van der Waals surface area contributed by atoms with Gasteiger partial charge >= 0.3 is 9.53 Å². The summed E-state index contributed by atoms with van der Waals surface area (Å²) < 4.78 is 15.4. The van der Waals surface area contributed by atoms with E-state index in [1.165, 1.54) is 0 Å². The quantitative estimate of drug-likeness (QED) is 0.379. The number of unbranched alkanes of at least 4 members (excludes halogenated alkanes) is 1. The fourth-order valence-electron chi connectivity index (χ4n) is 0.991. The third-order valence-corrected chi connectivity index (χ3v) is 2.99. The van der Waals surface area contributed by atoms with Crippen LogP contribution in [-0.4, -0.2) is 50.0 Å². The number of rotatable bonds is 10. The lowest BCUT2D eigenvalue weighted by Gasteiger charge is -2.11. The minimum Gasteiger partial charge on any atom is -0.379 e. The van der Waals surface area contributed by atoms with Crippen LogP contribution in [-0.2, 0) is 13.3 Å². The molecule has 0 aliphatic rings. The smallest absolute Gasteiger partial charge is 0.379 e. The van der Waals surface area contributed by atoms with E-state index in [1.807, 2.05) is 0 Å². The van der Waals surface area contributed by atoms with Gasteiger partial charge in [-0.15, -0.1) is 0 Å². The van der Waals surface area contributed by atoms with Crippen LogP contribution in [0.5, 0.6) is 0 Å². The Hall–Kier alpha value is 0.0169. The fourth-order valence-corrected chi connectivity index (χ4v) is 1.81. The van der Waals surface area contributed by atoms with E-state index in [0.29, 0.717) is 13.2 Å². The van der Waals surface area contributed by atoms with Gasteiger partial charge in [0.1, 0.15) is 0 Å². The molecule has 0 atom stereocenters. The van der Waals surface area contributed by atoms with Crippen LogP contribution in [0.25, 0.3) is 0 Å². The first kappa shape index (κ1) is 14.0. The van der Waals surface area contributed by atoms with Crippen molar-refractivity contribution in [3.63, 3.8) is 0 Å². The summed E-state index contributed by atoms with van der Waals surface area (Å²) in [5.74, 6) is 0. The van der Waals surface area contributed by atoms with Crippen LogP contribution in [0.1, 0.15) is 12.8 Å². The van der Waals surface area contributed by atoms with E-state index in [-0.39, 0.29) is 0 Å². The average molecular weight is 222 g/mol. The second-order valence-corrected chi connectivity index (χ2v) is 4.73. The Morgan fingerprint density at radius 3 is 2.43 bits per heavy atom. The van der Waals surface area contributed by atoms with Crippen molar-refractivity contribution in [1.82, 2.24) is 5.32 Å². The number of hydrogen-bond acceptors (Lipinski definition) is 5. The van der Waals surface area contributed by atoms with Crippen LogP contribution in [0, 0.1) is 0 Å². The normalized spacial score (nSPS) is 11.1. The van der Waals surface area contributed by atoms with Crippen molar-refractivity contribution in [2.24, 2.45) is 5.73 Å². The van der Waals surface area contributed by atoms with Gasteiger partial charge in [-0.1, -0.05) is 0 Å². The van der Waals surface area contributed by atoms with Crippen molar-refractivity contribution in [1.29, 1.82) is 0 Å². The maximum atomic E-state index is 5.39. The van der Waals surface area contributed by atoms with E-state index in [4.69, 9.17) is 19.0 Å². The van der Waals surface area contributed by atoms with Gasteiger partial charge in [0.25, 0.3) is 0 Å². The first-order chi connectivity index (χ1) is 6.85. The molecule has 0 amide bonds. The molecule has 0 spiro atoms. The lowest BCUT2D eigenvalue weighted by atomic mass is 10.3. The first-order valence-corrected chi connectivity index (χ1v) is 6.34. The molecule has 0 unspecified atom stereocenters. The molecule has 0 aromatic heterocycles. The van der Waals surface area contributed by atoms with Gasteiger partial charge in [0.2, 0.25) is 0 Å². The summed E-state index contributed by atoms with van der Waals surface area (Å²) in [6.07, 6.45) is 2.11. The van der Waals surface area contributed by atoms with Crippen LogP contribution in [0.15, 0.2) is 0 Å². The molecule has 86 valence electrons. The molecule has 0 bridgehead atoms. The summed E-state index contributed by atoms with van der Waals surface area (Å²) in [6.45, 7) is 3.28. The zero-order chi connectivity index (χ0) is 10.6. The van der Waals surface area contributed by atoms with Gasteiger partial charge in [0, 0.05) is 33.9 Å². The Bertz CT molecular complexity index is 115. The van der Waals surface area contributed by atoms with E-state index in [2.05, 4.69) is 5.32 Å². The molecule has 5 nitrogen and oxygen atoms in total. The number of nitrogens with two attached hydrogens (primary N) is 1. The fraction of sp³-hybridized carbons (Fsp3) is 1.00. The molecule has 14 heavy (non-hydrogen) atoms. The Balaban J connectivity index is 3.04. The monoisotopic (exact) mass is 222 g/mol. The molecule has 6 heteroatoms. The van der Waals surface area contributed by atoms with Crippen LogP contribution >= 0.6 is 0 Å². The van der Waals surface area contributed by atoms with E-state index < -0.39 is 9.53 Å². The highest BCUT2D eigenvalue weighted by Crippen LogP contribution is 1.93. The lowest BCUT2D eigenvalue weighted by Crippen LogP contribution is -2.25. The predicted molar refractivity (Wildman–Crippen MR) is 58.3 cm³/mol. The highest BCUT2D eigenvalue weighted by Gasteiger charge is 2.09. The van der Waals surface area contributed by atoms with Gasteiger partial charge in [0.15, 0.2) is 0 Å². The zero-order valence-corrected chi connectivity index (χ0v) is 10.3. The van der Waals surface area contributed by atoms with Crippen molar-refractivity contribution >= 4 is 9.53 Å². The Labute approximate surface area is 87.9 Å². The van der Waals surface area contributed by atoms with Crippen LogP contribution < -0.4 is 11.1 Å². The molecular weight excluding hydrogens is 200 g/mol. The summed E-state index contributed by atoms with van der Waals surface area (Å²) in [5.41, 5.74) is 5.33. The minimum atomic E-state index is -1.80. The molecule has 0 fully saturated rings. The standard InChI is InChI=1S/C8H22N2O3Si/c1-11-14(12-2)13-8-4-3-6-10-7-5-9/h10,14H,3-9H2,1-2H3. The van der Waals surface area contributed by atoms with Gasteiger partial charge in [-0.05, 0) is 19.4 Å². The van der Waals surface area contributed by atoms with Crippen molar-refractivity contribution in [3.8, 4) is 0 Å². The summed E-state index contributed by atoms with van der Waals surface area (Å²) in [7, 11) is 1.43. The molecule has 0 saturated heterocycles. The predicted octanol–water partition coefficient (Wildman–Crippen LogP) is -0.658. The second kappa shape index (κ2) is 11.1. The maximum absolute atomic E-state index is 5.39. The number of nitrogens with one attached hydrogen (secondary N) is 1. The summed E-state index contributed by atoms with van der Waals surface area (Å²) in [4.78, 5) is 0. The van der Waals surface area contributed by atoms with Crippen molar-refractivity contribution < 1.29 is 13.3 Å². The molecule has 0 saturated carbocycles. The zero-order valence-electron chi connectivity index (χ0n) is 9.12. The molecule has 0 aliphatic heterocycles. The van der Waals surface area contributed by atoms with E-state index >= 15 is 0 Å². The van der Waals surface area contributed by atoms with Gasteiger partial charge in [0.05, 0.1) is 0 Å². The average Bonchev–Trinajstić information content (AvgIpc) is 2.22. The van der Waals surface area contributed by atoms with Crippen molar-refractivity contribution in [2.45, 2.75) is 12.8 Å². The highest BCUT2D eigenvalue weighted by molar-refractivity contribution is 6.36. The minimum absolute atomic E-state index is 0.693. The maximum Gasteiger partial charge on any atom is 0.483 e. The van der Waals surface area contributed by atoms with Gasteiger partial charge in [-0.2, -0.15) is 0 Å². The molecule has 0 rings (SSSR count). The van der Waals surface area contributed by atoms with Crippen molar-refractivity contribution in [2.75, 3.05) is 40.5 Å². The van der Waals surface area contributed by atoms with E-state index in [0.717, 1.165) is 25.9 Å². The SMILES string of the molecule is CO[SiH](OC)OCCCCNCCN. The Kier molecular flexibility index (Phi) is 11.1. The second-order valence-electron chi connectivity index (χ2n) is 2.88. The molecule has 0 heterocycles. The van der Waals surface area contributed by atoms with Gasteiger partial charge < -0.3 is 24.3 Å². The summed E-state index contributed by atoms with van der Waals surface area (Å²) >= 11 is 0. The topological polar surface area (TPSA) is 65.7 Å². The third-order valence-electron chi connectivity index (χ3n) is 1.71. The molecule has 3 N–H and O–H groups in total. The largest absolute Gasteiger partial charge is 0.483 e. The third kappa shape index (κ3) is 8.61. The van der Waals surface area contributed by atoms with Crippen LogP contribution in [0.4, 0.5) is 0 Å². The molecule has 0 aromatic rings. The van der Waals surface area contributed by atoms with E-state index in [9.17, 15) is 0 Å². The summed E-state index contributed by atoms with van der Waals surface area (Å²) in [5, 5.41) is 3.22. The van der Waals surface area contributed by atoms with Gasteiger partial charge in [-0.25, -0.2) is 0 Å². The van der Waals surface area contributed by atoms with Crippen LogP contribution in [0.2, 0.25) is 0 Å². The van der Waals surface area contributed by atoms with E-state index in [1.54, 1.807) is 14.2 Å². The molecular formula is C8H22N2O3Si. The molecule has 0 aromatic carbocycles. The van der Waals surface area contributed by atoms with Crippen molar-refractivity contribution in [3.05, 3.63) is 0 Å². The first-order valence-electron chi connectivity index (χ1n) is 4.93. The number of hydrogen-bond donors (Lipinski definition) is 2. The highest BCUT2D eigenvalue weighted by atomic mass is 28.3. The Morgan fingerprint density at radius 1 is 1.14 bits per heavy atom. The summed E-state index contributed by atoms with van der Waals surface area (Å²) in [6, 6.07) is 0. The van der Waals surface area contributed by atoms with Crippen LogP contribution in [0.3, 0.4) is 0 Å². The molecule has 0 radical (unpaired) electrons.